The summed E-state index contributed by atoms with van der Waals surface area (Å²) in [6, 6.07) is 20.6. The van der Waals surface area contributed by atoms with E-state index in [4.69, 9.17) is 4.42 Å². The summed E-state index contributed by atoms with van der Waals surface area (Å²) < 4.78 is 9.98. The SMILES string of the molecule is COC(=O)c1ccc(CN2C(=O)SC(=Cc3ccccc3Sc3ccccc3)C2=O)o1. The Bertz CT molecular complexity index is 1170. The van der Waals surface area contributed by atoms with Gasteiger partial charge in [0, 0.05) is 9.79 Å². The molecule has 2 heterocycles. The summed E-state index contributed by atoms with van der Waals surface area (Å²) in [5.74, 6) is -0.672. The number of furan rings is 1. The zero-order chi connectivity index (χ0) is 21.8. The van der Waals surface area contributed by atoms with Crippen LogP contribution in [-0.2, 0) is 16.1 Å². The van der Waals surface area contributed by atoms with Crippen molar-refractivity contribution in [1.29, 1.82) is 0 Å². The van der Waals surface area contributed by atoms with Gasteiger partial charge < -0.3 is 9.15 Å². The van der Waals surface area contributed by atoms with E-state index in [2.05, 4.69) is 4.74 Å². The van der Waals surface area contributed by atoms with Crippen molar-refractivity contribution in [2.45, 2.75) is 16.3 Å². The van der Waals surface area contributed by atoms with E-state index < -0.39 is 11.9 Å². The summed E-state index contributed by atoms with van der Waals surface area (Å²) in [5, 5.41) is -0.388. The highest BCUT2D eigenvalue weighted by molar-refractivity contribution is 8.18. The lowest BCUT2D eigenvalue weighted by atomic mass is 10.2. The fourth-order valence-corrected chi connectivity index (χ4v) is 4.68. The number of imide groups is 1. The molecule has 3 aromatic rings. The molecule has 0 spiro atoms. The molecule has 0 bridgehead atoms. The second-order valence-electron chi connectivity index (χ2n) is 6.48. The number of hydrogen-bond acceptors (Lipinski definition) is 7. The Morgan fingerprint density at radius 1 is 1.06 bits per heavy atom. The van der Waals surface area contributed by atoms with E-state index in [0.717, 1.165) is 32.0 Å². The molecule has 1 aliphatic rings. The highest BCUT2D eigenvalue weighted by Gasteiger charge is 2.36. The monoisotopic (exact) mass is 451 g/mol. The largest absolute Gasteiger partial charge is 0.463 e. The van der Waals surface area contributed by atoms with Crippen LogP contribution in [0.15, 0.2) is 85.8 Å². The molecule has 156 valence electrons. The van der Waals surface area contributed by atoms with Gasteiger partial charge in [-0.25, -0.2) is 4.79 Å². The topological polar surface area (TPSA) is 76.8 Å². The molecule has 0 atom stereocenters. The van der Waals surface area contributed by atoms with E-state index in [1.165, 1.54) is 13.2 Å². The third-order valence-corrected chi connectivity index (χ3v) is 6.42. The molecule has 31 heavy (non-hydrogen) atoms. The van der Waals surface area contributed by atoms with E-state index in [9.17, 15) is 14.4 Å². The maximum atomic E-state index is 12.9. The van der Waals surface area contributed by atoms with Crippen LogP contribution >= 0.6 is 23.5 Å². The standard InChI is InChI=1S/C23H17NO5S2/c1-28-22(26)18-12-11-16(29-18)14-24-21(25)20(31-23(24)27)13-15-7-5-6-10-19(15)30-17-8-3-2-4-9-17/h2-13H,14H2,1H3. The number of carbonyl (C=O) groups excluding carboxylic acids is 3. The molecule has 1 saturated heterocycles. The Labute approximate surface area is 187 Å². The third-order valence-electron chi connectivity index (χ3n) is 4.41. The first kappa shape index (κ1) is 21.0. The van der Waals surface area contributed by atoms with Gasteiger partial charge in [0.2, 0.25) is 5.76 Å². The zero-order valence-corrected chi connectivity index (χ0v) is 18.1. The van der Waals surface area contributed by atoms with Crippen LogP contribution in [0.25, 0.3) is 6.08 Å². The maximum absolute atomic E-state index is 12.9. The molecule has 8 heteroatoms. The van der Waals surface area contributed by atoms with Crippen molar-refractivity contribution in [2.75, 3.05) is 7.11 Å². The number of hydrogen-bond donors (Lipinski definition) is 0. The minimum absolute atomic E-state index is 0.0203. The Balaban J connectivity index is 1.54. The lowest BCUT2D eigenvalue weighted by Gasteiger charge is -2.10. The summed E-state index contributed by atoms with van der Waals surface area (Å²) in [7, 11) is 1.25. The van der Waals surface area contributed by atoms with E-state index in [1.54, 1.807) is 23.9 Å². The van der Waals surface area contributed by atoms with Crippen molar-refractivity contribution in [3.05, 3.63) is 88.7 Å². The predicted octanol–water partition coefficient (Wildman–Crippen LogP) is 5.45. The van der Waals surface area contributed by atoms with Gasteiger partial charge in [-0.3, -0.25) is 14.5 Å². The second-order valence-corrected chi connectivity index (χ2v) is 8.59. The Morgan fingerprint density at radius 3 is 2.58 bits per heavy atom. The van der Waals surface area contributed by atoms with Crippen molar-refractivity contribution >= 4 is 46.7 Å². The average molecular weight is 452 g/mol. The molecule has 4 rings (SSSR count). The summed E-state index contributed by atoms with van der Waals surface area (Å²) in [5.41, 5.74) is 0.854. The summed E-state index contributed by atoms with van der Waals surface area (Å²) >= 11 is 2.47. The van der Waals surface area contributed by atoms with Gasteiger partial charge >= 0.3 is 5.97 Å². The summed E-state index contributed by atoms with van der Waals surface area (Å²) in [6.45, 7) is -0.0561. The van der Waals surface area contributed by atoms with Crippen LogP contribution in [0.4, 0.5) is 4.79 Å². The molecule has 1 aromatic heterocycles. The van der Waals surface area contributed by atoms with Crippen molar-refractivity contribution < 1.29 is 23.5 Å². The minimum Gasteiger partial charge on any atom is -0.463 e. The number of methoxy groups -OCH3 is 1. The molecule has 1 aliphatic heterocycles. The molecule has 2 amide bonds. The highest BCUT2D eigenvalue weighted by Crippen LogP contribution is 2.36. The number of carbonyl (C=O) groups is 3. The van der Waals surface area contributed by atoms with Crippen LogP contribution in [-0.4, -0.2) is 29.1 Å². The van der Waals surface area contributed by atoms with Crippen LogP contribution < -0.4 is 0 Å². The minimum atomic E-state index is -0.618. The van der Waals surface area contributed by atoms with Gasteiger partial charge in [-0.05, 0) is 53.7 Å². The Kier molecular flexibility index (Phi) is 6.29. The molecule has 6 nitrogen and oxygen atoms in total. The molecule has 0 unspecified atom stereocenters. The van der Waals surface area contributed by atoms with E-state index in [1.807, 2.05) is 54.6 Å². The van der Waals surface area contributed by atoms with E-state index >= 15 is 0 Å². The Morgan fingerprint density at radius 2 is 1.81 bits per heavy atom. The van der Waals surface area contributed by atoms with Crippen LogP contribution in [0.3, 0.4) is 0 Å². The molecule has 1 fully saturated rings. The first-order valence-electron chi connectivity index (χ1n) is 9.29. The van der Waals surface area contributed by atoms with Crippen molar-refractivity contribution in [3.8, 4) is 0 Å². The fourth-order valence-electron chi connectivity index (χ4n) is 2.91. The van der Waals surface area contributed by atoms with E-state index in [-0.39, 0.29) is 17.5 Å². The molecular weight excluding hydrogens is 434 g/mol. The predicted molar refractivity (Wildman–Crippen MR) is 119 cm³/mol. The van der Waals surface area contributed by atoms with Crippen LogP contribution in [0.5, 0.6) is 0 Å². The number of amides is 2. The molecule has 0 aliphatic carbocycles. The number of benzene rings is 2. The van der Waals surface area contributed by atoms with Crippen molar-refractivity contribution in [2.24, 2.45) is 0 Å². The van der Waals surface area contributed by atoms with Crippen LogP contribution in [0.2, 0.25) is 0 Å². The second kappa shape index (κ2) is 9.28. The summed E-state index contributed by atoms with van der Waals surface area (Å²) in [4.78, 5) is 40.3. The van der Waals surface area contributed by atoms with Crippen molar-refractivity contribution in [1.82, 2.24) is 4.90 Å². The first-order valence-corrected chi connectivity index (χ1v) is 10.9. The van der Waals surface area contributed by atoms with Gasteiger partial charge in [0.05, 0.1) is 18.6 Å². The number of nitrogens with zero attached hydrogens (tertiary/aromatic N) is 1. The van der Waals surface area contributed by atoms with Gasteiger partial charge in [-0.1, -0.05) is 48.2 Å². The summed E-state index contributed by atoms with van der Waals surface area (Å²) in [6.07, 6.45) is 1.73. The van der Waals surface area contributed by atoms with Gasteiger partial charge in [-0.2, -0.15) is 0 Å². The number of rotatable bonds is 6. The maximum Gasteiger partial charge on any atom is 0.373 e. The van der Waals surface area contributed by atoms with Crippen molar-refractivity contribution in [3.63, 3.8) is 0 Å². The van der Waals surface area contributed by atoms with E-state index in [0.29, 0.717) is 10.7 Å². The van der Waals surface area contributed by atoms with Gasteiger partial charge in [0.25, 0.3) is 11.1 Å². The first-order chi connectivity index (χ1) is 15.0. The molecular formula is C23H17NO5S2. The highest BCUT2D eigenvalue weighted by atomic mass is 32.2. The smallest absolute Gasteiger partial charge is 0.373 e. The lowest BCUT2D eigenvalue weighted by molar-refractivity contribution is -0.123. The van der Waals surface area contributed by atoms with Gasteiger partial charge in [-0.15, -0.1) is 0 Å². The molecule has 0 saturated carbocycles. The van der Waals surface area contributed by atoms with Gasteiger partial charge in [0.1, 0.15) is 5.76 Å². The average Bonchev–Trinajstić information content (AvgIpc) is 3.36. The van der Waals surface area contributed by atoms with Crippen LogP contribution in [0.1, 0.15) is 21.9 Å². The zero-order valence-electron chi connectivity index (χ0n) is 16.4. The number of thioether (sulfide) groups is 1. The lowest BCUT2D eigenvalue weighted by Crippen LogP contribution is -2.27. The normalized spacial score (nSPS) is 15.0. The quantitative estimate of drug-likeness (QED) is 0.364. The number of ether oxygens (including phenoxy) is 1. The fraction of sp³-hybridized carbons (Fsp3) is 0.0870. The third kappa shape index (κ3) is 4.76. The molecule has 0 N–H and O–H groups in total. The van der Waals surface area contributed by atoms with Crippen LogP contribution in [0, 0.1) is 0 Å². The number of esters is 1. The molecule has 0 radical (unpaired) electrons. The molecule has 2 aromatic carbocycles. The van der Waals surface area contributed by atoms with Gasteiger partial charge in [0.15, 0.2) is 0 Å². The Hall–Kier alpha value is -3.23.